The third-order valence-corrected chi connectivity index (χ3v) is 2.63. The molecule has 2 rings (SSSR count). The summed E-state index contributed by atoms with van der Waals surface area (Å²) in [6.45, 7) is 0. The molecule has 0 radical (unpaired) electrons. The van der Waals surface area contributed by atoms with Gasteiger partial charge in [0.15, 0.2) is 0 Å². The van der Waals surface area contributed by atoms with Crippen LogP contribution in [0.2, 0.25) is 0 Å². The molecule has 0 atom stereocenters. The summed E-state index contributed by atoms with van der Waals surface area (Å²) in [5.41, 5.74) is 1.94. The lowest BCUT2D eigenvalue weighted by atomic mass is 10.1. The molecule has 2 heteroatoms. The Kier molecular flexibility index (Phi) is 4.62. The Morgan fingerprint density at radius 3 is 1.37 bits per heavy atom. The van der Waals surface area contributed by atoms with Gasteiger partial charge in [-0.25, -0.2) is 8.78 Å². The Bertz CT molecular complexity index is 510. The Morgan fingerprint density at radius 2 is 1.00 bits per heavy atom. The van der Waals surface area contributed by atoms with Crippen LogP contribution in [0, 0.1) is 11.6 Å². The fourth-order valence-corrected chi connectivity index (χ4v) is 1.63. The molecule has 0 N–H and O–H groups in total. The van der Waals surface area contributed by atoms with E-state index in [2.05, 4.69) is 0 Å². The quantitative estimate of drug-likeness (QED) is 0.715. The van der Waals surface area contributed by atoms with Crippen LogP contribution < -0.4 is 0 Å². The van der Waals surface area contributed by atoms with Crippen molar-refractivity contribution in [3.8, 4) is 0 Å². The molecule has 0 heterocycles. The van der Waals surface area contributed by atoms with Crippen molar-refractivity contribution in [1.82, 2.24) is 0 Å². The molecule has 0 unspecified atom stereocenters. The first kappa shape index (κ1) is 13.2. The summed E-state index contributed by atoms with van der Waals surface area (Å²) in [6, 6.07) is 12.7. The molecule has 0 saturated carbocycles. The van der Waals surface area contributed by atoms with Gasteiger partial charge in [0, 0.05) is 0 Å². The highest BCUT2D eigenvalue weighted by molar-refractivity contribution is 5.51. The van der Waals surface area contributed by atoms with Gasteiger partial charge in [-0.15, -0.1) is 0 Å². The number of hydrogen-bond donors (Lipinski definition) is 0. The molecule has 19 heavy (non-hydrogen) atoms. The molecule has 0 aliphatic carbocycles. The number of rotatable bonds is 4. The third kappa shape index (κ3) is 4.51. The van der Waals surface area contributed by atoms with Gasteiger partial charge in [0.25, 0.3) is 0 Å². The Labute approximate surface area is 111 Å². The zero-order chi connectivity index (χ0) is 13.5. The Morgan fingerprint density at radius 1 is 0.632 bits per heavy atom. The summed E-state index contributed by atoms with van der Waals surface area (Å²) >= 11 is 0. The van der Waals surface area contributed by atoms with E-state index in [0.29, 0.717) is 0 Å². The highest BCUT2D eigenvalue weighted by atomic mass is 19.1. The second kappa shape index (κ2) is 6.64. The van der Waals surface area contributed by atoms with Gasteiger partial charge < -0.3 is 0 Å². The fraction of sp³-hybridized carbons (Fsp3) is 0.0588. The average Bonchev–Trinajstić information content (AvgIpc) is 2.43. The SMILES string of the molecule is Fc1ccc(/C=C/C/C=C/c2ccc(F)cc2)cc1. The minimum absolute atomic E-state index is 0.228. The molecule has 0 aliphatic rings. The average molecular weight is 256 g/mol. The highest BCUT2D eigenvalue weighted by Crippen LogP contribution is 2.07. The van der Waals surface area contributed by atoms with E-state index in [-0.39, 0.29) is 11.6 Å². The lowest BCUT2D eigenvalue weighted by Crippen LogP contribution is -1.74. The van der Waals surface area contributed by atoms with E-state index in [1.165, 1.54) is 24.3 Å². The van der Waals surface area contributed by atoms with E-state index in [4.69, 9.17) is 0 Å². The normalized spacial score (nSPS) is 11.5. The standard InChI is InChI=1S/C17H14F2/c18-16-10-6-14(7-11-16)4-2-1-3-5-15-8-12-17(19)13-9-15/h2-13H,1H2/b4-2+,5-3+. The van der Waals surface area contributed by atoms with Crippen LogP contribution in [-0.2, 0) is 0 Å². The minimum Gasteiger partial charge on any atom is -0.207 e. The number of benzene rings is 2. The Hall–Kier alpha value is -2.22. The van der Waals surface area contributed by atoms with Crippen LogP contribution in [0.3, 0.4) is 0 Å². The van der Waals surface area contributed by atoms with E-state index < -0.39 is 0 Å². The van der Waals surface area contributed by atoms with Crippen molar-refractivity contribution < 1.29 is 8.78 Å². The molecule has 0 aliphatic heterocycles. The molecule has 0 amide bonds. The molecule has 0 bridgehead atoms. The lowest BCUT2D eigenvalue weighted by Gasteiger charge is -1.93. The Balaban J connectivity index is 1.86. The van der Waals surface area contributed by atoms with Gasteiger partial charge in [-0.1, -0.05) is 48.6 Å². The molecular weight excluding hydrogens is 242 g/mol. The number of hydrogen-bond acceptors (Lipinski definition) is 0. The second-order valence-electron chi connectivity index (χ2n) is 4.14. The summed E-state index contributed by atoms with van der Waals surface area (Å²) in [4.78, 5) is 0. The van der Waals surface area contributed by atoms with Crippen molar-refractivity contribution in [2.75, 3.05) is 0 Å². The largest absolute Gasteiger partial charge is 0.207 e. The van der Waals surface area contributed by atoms with Crippen molar-refractivity contribution in [3.63, 3.8) is 0 Å². The van der Waals surface area contributed by atoms with Crippen molar-refractivity contribution in [2.24, 2.45) is 0 Å². The molecule has 0 nitrogen and oxygen atoms in total. The van der Waals surface area contributed by atoms with Gasteiger partial charge >= 0.3 is 0 Å². The molecule has 0 saturated heterocycles. The van der Waals surface area contributed by atoms with Gasteiger partial charge in [-0.3, -0.25) is 0 Å². The first-order chi connectivity index (χ1) is 9.24. The maximum atomic E-state index is 12.7. The maximum absolute atomic E-state index is 12.7. The van der Waals surface area contributed by atoms with E-state index in [1.807, 2.05) is 24.3 Å². The zero-order valence-electron chi connectivity index (χ0n) is 10.4. The molecule has 2 aromatic carbocycles. The third-order valence-electron chi connectivity index (χ3n) is 2.63. The van der Waals surface area contributed by atoms with E-state index >= 15 is 0 Å². The van der Waals surface area contributed by atoms with Crippen molar-refractivity contribution in [3.05, 3.63) is 83.4 Å². The van der Waals surface area contributed by atoms with E-state index in [9.17, 15) is 8.78 Å². The second-order valence-corrected chi connectivity index (χ2v) is 4.14. The fourth-order valence-electron chi connectivity index (χ4n) is 1.63. The van der Waals surface area contributed by atoms with E-state index in [0.717, 1.165) is 17.5 Å². The van der Waals surface area contributed by atoms with Crippen LogP contribution in [0.1, 0.15) is 17.5 Å². The first-order valence-corrected chi connectivity index (χ1v) is 6.08. The van der Waals surface area contributed by atoms with Gasteiger partial charge in [0.05, 0.1) is 0 Å². The molecule has 0 aromatic heterocycles. The lowest BCUT2D eigenvalue weighted by molar-refractivity contribution is 0.627. The molecule has 96 valence electrons. The predicted octanol–water partition coefficient (Wildman–Crippen LogP) is 5.08. The van der Waals surface area contributed by atoms with Crippen molar-refractivity contribution in [1.29, 1.82) is 0 Å². The van der Waals surface area contributed by atoms with E-state index in [1.54, 1.807) is 24.3 Å². The smallest absolute Gasteiger partial charge is 0.123 e. The van der Waals surface area contributed by atoms with Crippen molar-refractivity contribution >= 4 is 12.2 Å². The van der Waals surface area contributed by atoms with Crippen LogP contribution in [0.5, 0.6) is 0 Å². The van der Waals surface area contributed by atoms with Crippen LogP contribution >= 0.6 is 0 Å². The van der Waals surface area contributed by atoms with Crippen LogP contribution in [-0.4, -0.2) is 0 Å². The van der Waals surface area contributed by atoms with Crippen molar-refractivity contribution in [2.45, 2.75) is 6.42 Å². The van der Waals surface area contributed by atoms with Crippen LogP contribution in [0.4, 0.5) is 8.78 Å². The predicted molar refractivity (Wildman–Crippen MR) is 75.5 cm³/mol. The zero-order valence-corrected chi connectivity index (χ0v) is 10.4. The first-order valence-electron chi connectivity index (χ1n) is 6.08. The van der Waals surface area contributed by atoms with Crippen LogP contribution in [0.15, 0.2) is 60.7 Å². The maximum Gasteiger partial charge on any atom is 0.123 e. The summed E-state index contributed by atoms with van der Waals surface area (Å²) in [6.07, 6.45) is 8.64. The number of halogens is 2. The van der Waals surface area contributed by atoms with Gasteiger partial charge in [-0.2, -0.15) is 0 Å². The molecule has 0 fully saturated rings. The summed E-state index contributed by atoms with van der Waals surface area (Å²) < 4.78 is 25.4. The summed E-state index contributed by atoms with van der Waals surface area (Å²) in [7, 11) is 0. The number of allylic oxidation sites excluding steroid dienone is 2. The van der Waals surface area contributed by atoms with Gasteiger partial charge in [-0.05, 0) is 41.8 Å². The molecule has 0 spiro atoms. The monoisotopic (exact) mass is 256 g/mol. The summed E-state index contributed by atoms with van der Waals surface area (Å²) in [5.74, 6) is -0.457. The highest BCUT2D eigenvalue weighted by Gasteiger charge is 1.89. The van der Waals surface area contributed by atoms with Gasteiger partial charge in [0.1, 0.15) is 11.6 Å². The van der Waals surface area contributed by atoms with Gasteiger partial charge in [0.2, 0.25) is 0 Å². The minimum atomic E-state index is -0.228. The molecule has 2 aromatic rings. The summed E-state index contributed by atoms with van der Waals surface area (Å²) in [5, 5.41) is 0. The van der Waals surface area contributed by atoms with Crippen LogP contribution in [0.25, 0.3) is 12.2 Å². The topological polar surface area (TPSA) is 0 Å². The molecular formula is C17H14F2.